The molecule has 3 aromatic carbocycles. The molecule has 0 unspecified atom stereocenters. The molecule has 0 aliphatic rings. The third-order valence-corrected chi connectivity index (χ3v) is 5.89. The molecule has 0 atom stereocenters. The van der Waals surface area contributed by atoms with Gasteiger partial charge in [-0.05, 0) is 55.3 Å². The minimum atomic E-state index is -3.85. The maximum absolute atomic E-state index is 12.8. The number of hydrogen-bond donors (Lipinski definition) is 1. The standard InChI is InChI=1S/C21H18ClNO3S/c1-14-8-10-18(12-15(14)2)27(25,26)23-20-11-9-17(22)13-19(20)21(24)16-6-4-3-5-7-16/h3-13,23H,1-2H3. The summed E-state index contributed by atoms with van der Waals surface area (Å²) in [7, 11) is -3.85. The molecule has 6 heteroatoms. The van der Waals surface area contributed by atoms with Gasteiger partial charge in [-0.2, -0.15) is 0 Å². The van der Waals surface area contributed by atoms with Gasteiger partial charge in [-0.15, -0.1) is 0 Å². The zero-order chi connectivity index (χ0) is 19.6. The fourth-order valence-corrected chi connectivity index (χ4v) is 3.96. The lowest BCUT2D eigenvalue weighted by atomic mass is 10.0. The van der Waals surface area contributed by atoms with Crippen molar-refractivity contribution in [2.24, 2.45) is 0 Å². The van der Waals surface area contributed by atoms with Crippen LogP contribution in [0.5, 0.6) is 0 Å². The minimum Gasteiger partial charge on any atom is -0.289 e. The molecule has 0 saturated heterocycles. The zero-order valence-corrected chi connectivity index (χ0v) is 16.4. The quantitative estimate of drug-likeness (QED) is 0.615. The summed E-state index contributed by atoms with van der Waals surface area (Å²) in [5.74, 6) is -0.309. The number of sulfonamides is 1. The number of rotatable bonds is 5. The molecule has 0 heterocycles. The minimum absolute atomic E-state index is 0.138. The molecular formula is C21H18ClNO3S. The topological polar surface area (TPSA) is 63.2 Å². The Hall–Kier alpha value is -2.63. The normalized spacial score (nSPS) is 11.2. The van der Waals surface area contributed by atoms with Gasteiger partial charge in [0.15, 0.2) is 5.78 Å². The lowest BCUT2D eigenvalue weighted by Crippen LogP contribution is -2.16. The molecule has 1 N–H and O–H groups in total. The van der Waals surface area contributed by atoms with E-state index < -0.39 is 10.0 Å². The number of benzene rings is 3. The predicted octanol–water partition coefficient (Wildman–Crippen LogP) is 4.99. The van der Waals surface area contributed by atoms with Crippen LogP contribution in [0.1, 0.15) is 27.0 Å². The summed E-state index contributed by atoms with van der Waals surface area (Å²) in [5, 5.41) is 0.350. The van der Waals surface area contributed by atoms with Gasteiger partial charge in [0.05, 0.1) is 10.6 Å². The smallest absolute Gasteiger partial charge is 0.261 e. The number of carbonyl (C=O) groups is 1. The van der Waals surface area contributed by atoms with Gasteiger partial charge in [-0.1, -0.05) is 48.0 Å². The monoisotopic (exact) mass is 399 g/mol. The van der Waals surface area contributed by atoms with Gasteiger partial charge in [0.1, 0.15) is 0 Å². The molecule has 0 aromatic heterocycles. The van der Waals surface area contributed by atoms with E-state index in [-0.39, 0.29) is 21.9 Å². The van der Waals surface area contributed by atoms with E-state index in [1.807, 2.05) is 13.8 Å². The zero-order valence-electron chi connectivity index (χ0n) is 14.9. The summed E-state index contributed by atoms with van der Waals surface area (Å²) in [6, 6.07) is 18.0. The Morgan fingerprint density at radius 3 is 2.26 bits per heavy atom. The second-order valence-electron chi connectivity index (χ2n) is 6.24. The van der Waals surface area contributed by atoms with Crippen molar-refractivity contribution in [3.8, 4) is 0 Å². The molecule has 0 fully saturated rings. The van der Waals surface area contributed by atoms with Crippen LogP contribution < -0.4 is 4.72 Å². The summed E-state index contributed by atoms with van der Waals surface area (Å²) in [4.78, 5) is 13.0. The van der Waals surface area contributed by atoms with E-state index >= 15 is 0 Å². The van der Waals surface area contributed by atoms with Crippen molar-refractivity contribution in [3.05, 3.63) is 94.0 Å². The molecule has 138 valence electrons. The Bertz CT molecular complexity index is 1110. The van der Waals surface area contributed by atoms with Gasteiger partial charge < -0.3 is 0 Å². The van der Waals surface area contributed by atoms with Crippen LogP contribution in [0.25, 0.3) is 0 Å². The van der Waals surface area contributed by atoms with Crippen LogP contribution in [0, 0.1) is 13.8 Å². The molecule has 0 amide bonds. The van der Waals surface area contributed by atoms with Crippen LogP contribution in [0.3, 0.4) is 0 Å². The van der Waals surface area contributed by atoms with Crippen molar-refractivity contribution >= 4 is 33.1 Å². The first-order valence-electron chi connectivity index (χ1n) is 8.27. The van der Waals surface area contributed by atoms with E-state index in [2.05, 4.69) is 4.72 Å². The van der Waals surface area contributed by atoms with E-state index in [0.717, 1.165) is 11.1 Å². The van der Waals surface area contributed by atoms with E-state index in [1.165, 1.54) is 12.1 Å². The summed E-state index contributed by atoms with van der Waals surface area (Å²) < 4.78 is 28.1. The Morgan fingerprint density at radius 2 is 1.59 bits per heavy atom. The number of ketones is 1. The highest BCUT2D eigenvalue weighted by Crippen LogP contribution is 2.26. The second kappa shape index (κ2) is 7.55. The molecule has 3 rings (SSSR count). The van der Waals surface area contributed by atoms with E-state index in [1.54, 1.807) is 54.6 Å². The van der Waals surface area contributed by atoms with Crippen molar-refractivity contribution in [3.63, 3.8) is 0 Å². The molecule has 0 radical (unpaired) electrons. The van der Waals surface area contributed by atoms with Gasteiger partial charge in [-0.3, -0.25) is 9.52 Å². The number of aryl methyl sites for hydroxylation is 2. The molecule has 4 nitrogen and oxygen atoms in total. The van der Waals surface area contributed by atoms with Crippen molar-refractivity contribution < 1.29 is 13.2 Å². The van der Waals surface area contributed by atoms with Crippen molar-refractivity contribution in [2.75, 3.05) is 4.72 Å². The predicted molar refractivity (Wildman–Crippen MR) is 108 cm³/mol. The first-order valence-corrected chi connectivity index (χ1v) is 10.1. The van der Waals surface area contributed by atoms with Crippen LogP contribution in [-0.2, 0) is 10.0 Å². The highest BCUT2D eigenvalue weighted by molar-refractivity contribution is 7.92. The average Bonchev–Trinajstić information content (AvgIpc) is 2.65. The Morgan fingerprint density at radius 1 is 0.889 bits per heavy atom. The van der Waals surface area contributed by atoms with Gasteiger partial charge in [0.2, 0.25) is 0 Å². The molecule has 0 saturated carbocycles. The van der Waals surface area contributed by atoms with Crippen LogP contribution in [0.2, 0.25) is 5.02 Å². The number of hydrogen-bond acceptors (Lipinski definition) is 3. The van der Waals surface area contributed by atoms with Gasteiger partial charge in [-0.25, -0.2) is 8.42 Å². The largest absolute Gasteiger partial charge is 0.289 e. The summed E-state index contributed by atoms with van der Waals surface area (Å²) in [6.45, 7) is 3.76. The molecule has 27 heavy (non-hydrogen) atoms. The number of carbonyl (C=O) groups excluding carboxylic acids is 1. The fourth-order valence-electron chi connectivity index (χ4n) is 2.62. The van der Waals surface area contributed by atoms with Crippen LogP contribution in [-0.4, -0.2) is 14.2 Å². The summed E-state index contributed by atoms with van der Waals surface area (Å²) in [5.41, 5.74) is 2.70. The Labute approximate surface area is 163 Å². The lowest BCUT2D eigenvalue weighted by molar-refractivity contribution is 0.103. The van der Waals surface area contributed by atoms with E-state index in [0.29, 0.717) is 10.6 Å². The van der Waals surface area contributed by atoms with Crippen molar-refractivity contribution in [1.29, 1.82) is 0 Å². The van der Waals surface area contributed by atoms with Gasteiger partial charge in [0, 0.05) is 16.1 Å². The third kappa shape index (κ3) is 4.21. The SMILES string of the molecule is Cc1ccc(S(=O)(=O)Nc2ccc(Cl)cc2C(=O)c2ccccc2)cc1C. The molecular weight excluding hydrogens is 382 g/mol. The van der Waals surface area contributed by atoms with Gasteiger partial charge in [0.25, 0.3) is 10.0 Å². The van der Waals surface area contributed by atoms with E-state index in [9.17, 15) is 13.2 Å². The Balaban J connectivity index is 2.02. The molecule has 0 aliphatic carbocycles. The number of anilines is 1. The molecule has 0 spiro atoms. The first kappa shape index (κ1) is 19.1. The maximum Gasteiger partial charge on any atom is 0.261 e. The van der Waals surface area contributed by atoms with Crippen molar-refractivity contribution in [2.45, 2.75) is 18.7 Å². The van der Waals surface area contributed by atoms with Gasteiger partial charge >= 0.3 is 0 Å². The van der Waals surface area contributed by atoms with Crippen molar-refractivity contribution in [1.82, 2.24) is 0 Å². The Kier molecular flexibility index (Phi) is 5.35. The second-order valence-corrected chi connectivity index (χ2v) is 8.36. The van der Waals surface area contributed by atoms with Crippen LogP contribution >= 0.6 is 11.6 Å². The molecule has 3 aromatic rings. The van der Waals surface area contributed by atoms with Crippen LogP contribution in [0.4, 0.5) is 5.69 Å². The highest BCUT2D eigenvalue weighted by Gasteiger charge is 2.20. The summed E-state index contributed by atoms with van der Waals surface area (Å²) >= 11 is 6.05. The first-order chi connectivity index (χ1) is 12.8. The van der Waals surface area contributed by atoms with Crippen LogP contribution in [0.15, 0.2) is 71.6 Å². The summed E-state index contributed by atoms with van der Waals surface area (Å²) in [6.07, 6.45) is 0. The fraction of sp³-hybridized carbons (Fsp3) is 0.0952. The number of halogens is 1. The maximum atomic E-state index is 12.8. The average molecular weight is 400 g/mol. The number of nitrogens with one attached hydrogen (secondary N) is 1. The third-order valence-electron chi connectivity index (χ3n) is 4.30. The van der Waals surface area contributed by atoms with E-state index in [4.69, 9.17) is 11.6 Å². The lowest BCUT2D eigenvalue weighted by Gasteiger charge is -2.13. The molecule has 0 bridgehead atoms. The highest BCUT2D eigenvalue weighted by atomic mass is 35.5. The molecule has 0 aliphatic heterocycles.